The number of hydrogen-bond donors (Lipinski definition) is 2. The van der Waals surface area contributed by atoms with Gasteiger partial charge >= 0.3 is 0 Å². The molecule has 0 spiro atoms. The van der Waals surface area contributed by atoms with E-state index in [0.717, 1.165) is 23.5 Å². The van der Waals surface area contributed by atoms with E-state index in [1.165, 1.54) is 0 Å². The van der Waals surface area contributed by atoms with Gasteiger partial charge in [0.25, 0.3) is 0 Å². The Morgan fingerprint density at radius 3 is 2.68 bits per heavy atom. The quantitative estimate of drug-likeness (QED) is 0.787. The van der Waals surface area contributed by atoms with Crippen molar-refractivity contribution in [3.63, 3.8) is 0 Å². The zero-order chi connectivity index (χ0) is 16.3. The van der Waals surface area contributed by atoms with Crippen LogP contribution in [0.15, 0.2) is 24.4 Å². The van der Waals surface area contributed by atoms with Crippen molar-refractivity contribution in [3.8, 4) is 0 Å². The smallest absolute Gasteiger partial charge is 0.171 e. The van der Waals surface area contributed by atoms with Crippen molar-refractivity contribution in [3.05, 3.63) is 45.7 Å². The number of aromatic nitrogens is 2. The van der Waals surface area contributed by atoms with Gasteiger partial charge in [0.15, 0.2) is 5.11 Å². The summed E-state index contributed by atoms with van der Waals surface area (Å²) in [5.41, 5.74) is 2.92. The first kappa shape index (κ1) is 17.1. The van der Waals surface area contributed by atoms with Crippen molar-refractivity contribution in [1.82, 2.24) is 15.1 Å². The van der Waals surface area contributed by atoms with E-state index in [-0.39, 0.29) is 6.04 Å². The normalized spacial score (nSPS) is 12.0. The van der Waals surface area contributed by atoms with Crippen LogP contribution in [0.3, 0.4) is 0 Å². The third kappa shape index (κ3) is 4.12. The predicted octanol–water partition coefficient (Wildman–Crippen LogP) is 4.57. The molecule has 1 heterocycles. The molecule has 1 aromatic heterocycles. The van der Waals surface area contributed by atoms with Gasteiger partial charge in [-0.1, -0.05) is 23.2 Å². The van der Waals surface area contributed by atoms with E-state index in [4.69, 9.17) is 35.4 Å². The molecule has 7 heteroatoms. The van der Waals surface area contributed by atoms with Gasteiger partial charge in [-0.2, -0.15) is 5.10 Å². The van der Waals surface area contributed by atoms with Gasteiger partial charge in [-0.3, -0.25) is 4.68 Å². The zero-order valence-corrected chi connectivity index (χ0v) is 15.0. The second kappa shape index (κ2) is 7.31. The molecule has 118 valence electrons. The summed E-state index contributed by atoms with van der Waals surface area (Å²) < 4.78 is 1.91. The Balaban J connectivity index is 2.01. The van der Waals surface area contributed by atoms with Crippen LogP contribution in [0, 0.1) is 6.92 Å². The first-order chi connectivity index (χ1) is 10.4. The van der Waals surface area contributed by atoms with E-state index in [0.29, 0.717) is 15.2 Å². The van der Waals surface area contributed by atoms with Crippen LogP contribution in [-0.2, 0) is 6.54 Å². The zero-order valence-electron chi connectivity index (χ0n) is 12.7. The highest BCUT2D eigenvalue weighted by atomic mass is 35.5. The largest absolute Gasteiger partial charge is 0.356 e. The third-order valence-corrected chi connectivity index (χ3v) is 4.26. The van der Waals surface area contributed by atoms with Gasteiger partial charge in [0.05, 0.1) is 21.8 Å². The number of anilines is 1. The van der Waals surface area contributed by atoms with Crippen LogP contribution in [0.25, 0.3) is 0 Å². The van der Waals surface area contributed by atoms with E-state index >= 15 is 0 Å². The molecule has 22 heavy (non-hydrogen) atoms. The Labute approximate surface area is 145 Å². The van der Waals surface area contributed by atoms with Crippen LogP contribution >= 0.6 is 35.4 Å². The highest BCUT2D eigenvalue weighted by Crippen LogP contribution is 2.25. The van der Waals surface area contributed by atoms with Gasteiger partial charge in [-0.05, 0) is 51.2 Å². The maximum Gasteiger partial charge on any atom is 0.171 e. The Morgan fingerprint density at radius 1 is 1.36 bits per heavy atom. The number of rotatable bonds is 4. The molecule has 0 amide bonds. The minimum Gasteiger partial charge on any atom is -0.356 e. The van der Waals surface area contributed by atoms with Gasteiger partial charge < -0.3 is 10.6 Å². The molecule has 0 aliphatic carbocycles. The van der Waals surface area contributed by atoms with E-state index in [1.54, 1.807) is 12.1 Å². The lowest BCUT2D eigenvalue weighted by Gasteiger charge is -2.17. The van der Waals surface area contributed by atoms with E-state index in [2.05, 4.69) is 22.7 Å². The molecule has 0 bridgehead atoms. The number of halogens is 2. The number of aryl methyl sites for hydroxylation is 2. The molecule has 0 aliphatic heterocycles. The summed E-state index contributed by atoms with van der Waals surface area (Å²) in [6.07, 6.45) is 2.04. The number of nitrogens with one attached hydrogen (secondary N) is 2. The summed E-state index contributed by atoms with van der Waals surface area (Å²) >= 11 is 17.2. The average Bonchev–Trinajstić information content (AvgIpc) is 2.84. The number of benzene rings is 1. The molecule has 1 atom stereocenters. The maximum atomic E-state index is 5.99. The van der Waals surface area contributed by atoms with Crippen molar-refractivity contribution in [2.45, 2.75) is 33.4 Å². The molecule has 1 aromatic carbocycles. The topological polar surface area (TPSA) is 41.9 Å². The molecule has 2 rings (SSSR count). The third-order valence-electron chi connectivity index (χ3n) is 3.30. The molecule has 4 nitrogen and oxygen atoms in total. The summed E-state index contributed by atoms with van der Waals surface area (Å²) in [5.74, 6) is 0. The lowest BCUT2D eigenvalue weighted by molar-refractivity contribution is 0.651. The Morgan fingerprint density at radius 2 is 2.09 bits per heavy atom. The Bertz CT molecular complexity index is 684. The molecule has 0 aliphatic rings. The molecule has 0 radical (unpaired) electrons. The van der Waals surface area contributed by atoms with Gasteiger partial charge in [0.2, 0.25) is 0 Å². The molecule has 2 aromatic rings. The number of thiocarbonyl (C=S) groups is 1. The standard InChI is InChI=1S/C15H18Cl2N4S/c1-4-21-8-12(10(3)20-21)9(2)18-15(22)19-11-5-6-13(16)14(17)7-11/h5-9H,4H2,1-3H3,(H2,18,19,22). The van der Waals surface area contributed by atoms with Crippen LogP contribution in [0.4, 0.5) is 5.69 Å². The number of hydrogen-bond acceptors (Lipinski definition) is 2. The monoisotopic (exact) mass is 356 g/mol. The summed E-state index contributed by atoms with van der Waals surface area (Å²) in [6, 6.07) is 5.35. The molecule has 0 saturated heterocycles. The maximum absolute atomic E-state index is 5.99. The van der Waals surface area contributed by atoms with E-state index in [9.17, 15) is 0 Å². The fourth-order valence-corrected chi connectivity index (χ4v) is 2.73. The van der Waals surface area contributed by atoms with Crippen LogP contribution < -0.4 is 10.6 Å². The highest BCUT2D eigenvalue weighted by molar-refractivity contribution is 7.80. The van der Waals surface area contributed by atoms with Gasteiger partial charge in [0, 0.05) is 24.0 Å². The molecule has 2 N–H and O–H groups in total. The first-order valence-electron chi connectivity index (χ1n) is 6.97. The highest BCUT2D eigenvalue weighted by Gasteiger charge is 2.13. The second-order valence-corrected chi connectivity index (χ2v) is 6.20. The molecular formula is C15H18Cl2N4S. The van der Waals surface area contributed by atoms with Crippen molar-refractivity contribution >= 4 is 46.2 Å². The molecule has 1 unspecified atom stereocenters. The Kier molecular flexibility index (Phi) is 5.67. The van der Waals surface area contributed by atoms with Crippen LogP contribution in [-0.4, -0.2) is 14.9 Å². The second-order valence-electron chi connectivity index (χ2n) is 4.97. The van der Waals surface area contributed by atoms with E-state index < -0.39 is 0 Å². The summed E-state index contributed by atoms with van der Waals surface area (Å²) in [6.45, 7) is 6.95. The van der Waals surface area contributed by atoms with Gasteiger partial charge in [-0.15, -0.1) is 0 Å². The fourth-order valence-electron chi connectivity index (χ4n) is 2.14. The minimum atomic E-state index is 0.0584. The van der Waals surface area contributed by atoms with Gasteiger partial charge in [0.1, 0.15) is 0 Å². The summed E-state index contributed by atoms with van der Waals surface area (Å²) in [5, 5.41) is 12.3. The Hall–Kier alpha value is -1.30. The summed E-state index contributed by atoms with van der Waals surface area (Å²) in [4.78, 5) is 0. The lowest BCUT2D eigenvalue weighted by atomic mass is 10.1. The van der Waals surface area contributed by atoms with Crippen LogP contribution in [0.1, 0.15) is 31.1 Å². The number of nitrogens with zero attached hydrogens (tertiary/aromatic N) is 2. The van der Waals surface area contributed by atoms with Crippen molar-refractivity contribution < 1.29 is 0 Å². The van der Waals surface area contributed by atoms with Crippen LogP contribution in [0.5, 0.6) is 0 Å². The SMILES string of the molecule is CCn1cc(C(C)NC(=S)Nc2ccc(Cl)c(Cl)c2)c(C)n1. The average molecular weight is 357 g/mol. The van der Waals surface area contributed by atoms with Crippen LogP contribution in [0.2, 0.25) is 10.0 Å². The van der Waals surface area contributed by atoms with E-state index in [1.807, 2.05) is 30.8 Å². The predicted molar refractivity (Wildman–Crippen MR) is 96.9 cm³/mol. The lowest BCUT2D eigenvalue weighted by Crippen LogP contribution is -2.31. The van der Waals surface area contributed by atoms with Crippen molar-refractivity contribution in [1.29, 1.82) is 0 Å². The first-order valence-corrected chi connectivity index (χ1v) is 8.13. The molecule has 0 fully saturated rings. The molecule has 0 saturated carbocycles. The minimum absolute atomic E-state index is 0.0584. The van der Waals surface area contributed by atoms with Gasteiger partial charge in [-0.25, -0.2) is 0 Å². The summed E-state index contributed by atoms with van der Waals surface area (Å²) in [7, 11) is 0. The molecular weight excluding hydrogens is 339 g/mol. The van der Waals surface area contributed by atoms with Crippen molar-refractivity contribution in [2.75, 3.05) is 5.32 Å². The fraction of sp³-hybridized carbons (Fsp3) is 0.333. The van der Waals surface area contributed by atoms with Crippen molar-refractivity contribution in [2.24, 2.45) is 0 Å².